The Morgan fingerprint density at radius 2 is 1.61 bits per heavy atom. The predicted octanol–water partition coefficient (Wildman–Crippen LogP) is 3.89. The molecule has 0 radical (unpaired) electrons. The molecule has 1 amide bonds. The lowest BCUT2D eigenvalue weighted by atomic mass is 10.2. The highest BCUT2D eigenvalue weighted by atomic mass is 32.2. The normalized spacial score (nSPS) is 10.9. The predicted molar refractivity (Wildman–Crippen MR) is 105 cm³/mol. The number of ether oxygens (including phenoxy) is 1. The van der Waals surface area contributed by atoms with Gasteiger partial charge in [0, 0.05) is 16.9 Å². The van der Waals surface area contributed by atoms with Crippen LogP contribution in [-0.4, -0.2) is 21.4 Å². The van der Waals surface area contributed by atoms with Crippen LogP contribution in [0.15, 0.2) is 77.7 Å². The molecule has 0 aromatic heterocycles. The number of methoxy groups -OCH3 is 1. The number of halogens is 1. The number of benzene rings is 3. The number of carbonyl (C=O) groups excluding carboxylic acids is 1. The molecule has 0 aliphatic heterocycles. The summed E-state index contributed by atoms with van der Waals surface area (Å²) in [6, 6.07) is 17.3. The second-order valence-corrected chi connectivity index (χ2v) is 7.51. The van der Waals surface area contributed by atoms with Gasteiger partial charge in [0.15, 0.2) is 0 Å². The smallest absolute Gasteiger partial charge is 0.261 e. The Hall–Kier alpha value is -3.39. The Labute approximate surface area is 162 Å². The lowest BCUT2D eigenvalue weighted by Crippen LogP contribution is -2.15. The highest BCUT2D eigenvalue weighted by molar-refractivity contribution is 7.92. The molecule has 0 saturated heterocycles. The number of hydrogen-bond donors (Lipinski definition) is 2. The zero-order chi connectivity index (χ0) is 20.1. The van der Waals surface area contributed by atoms with Crippen molar-refractivity contribution in [3.8, 4) is 5.75 Å². The van der Waals surface area contributed by atoms with Gasteiger partial charge in [-0.15, -0.1) is 0 Å². The zero-order valence-corrected chi connectivity index (χ0v) is 15.7. The zero-order valence-electron chi connectivity index (χ0n) is 14.8. The average Bonchev–Trinajstić information content (AvgIpc) is 2.69. The van der Waals surface area contributed by atoms with E-state index in [-0.39, 0.29) is 10.5 Å². The number of amides is 1. The Balaban J connectivity index is 1.77. The number of rotatable bonds is 6. The molecular formula is C20H17FN2O4S. The highest BCUT2D eigenvalue weighted by Crippen LogP contribution is 2.21. The van der Waals surface area contributed by atoms with Crippen molar-refractivity contribution in [2.45, 2.75) is 4.90 Å². The van der Waals surface area contributed by atoms with Crippen LogP contribution in [0.1, 0.15) is 10.4 Å². The monoisotopic (exact) mass is 400 g/mol. The molecule has 28 heavy (non-hydrogen) atoms. The highest BCUT2D eigenvalue weighted by Gasteiger charge is 2.16. The molecule has 8 heteroatoms. The van der Waals surface area contributed by atoms with Gasteiger partial charge in [0.1, 0.15) is 11.6 Å². The van der Waals surface area contributed by atoms with Crippen LogP contribution in [0.25, 0.3) is 0 Å². The van der Waals surface area contributed by atoms with Crippen LogP contribution >= 0.6 is 0 Å². The Morgan fingerprint density at radius 1 is 0.929 bits per heavy atom. The van der Waals surface area contributed by atoms with Crippen LogP contribution in [-0.2, 0) is 10.0 Å². The maximum atomic E-state index is 13.0. The van der Waals surface area contributed by atoms with Crippen molar-refractivity contribution in [3.05, 3.63) is 84.2 Å². The summed E-state index contributed by atoms with van der Waals surface area (Å²) in [4.78, 5) is 12.2. The maximum Gasteiger partial charge on any atom is 0.261 e. The lowest BCUT2D eigenvalue weighted by Gasteiger charge is -2.11. The van der Waals surface area contributed by atoms with Crippen molar-refractivity contribution in [2.75, 3.05) is 17.1 Å². The summed E-state index contributed by atoms with van der Waals surface area (Å²) in [5.74, 6) is -0.319. The fraction of sp³-hybridized carbons (Fsp3) is 0.0500. The van der Waals surface area contributed by atoms with Gasteiger partial charge in [0.05, 0.1) is 12.0 Å². The summed E-state index contributed by atoms with van der Waals surface area (Å²) < 4.78 is 45.7. The molecule has 0 bridgehead atoms. The third kappa shape index (κ3) is 4.66. The maximum absolute atomic E-state index is 13.0. The molecular weight excluding hydrogens is 383 g/mol. The van der Waals surface area contributed by atoms with Crippen LogP contribution in [0.3, 0.4) is 0 Å². The van der Waals surface area contributed by atoms with Gasteiger partial charge >= 0.3 is 0 Å². The van der Waals surface area contributed by atoms with Crippen LogP contribution in [0, 0.1) is 5.82 Å². The third-order valence-electron chi connectivity index (χ3n) is 3.85. The first-order valence-corrected chi connectivity index (χ1v) is 9.69. The average molecular weight is 400 g/mol. The molecule has 6 nitrogen and oxygen atoms in total. The first-order chi connectivity index (χ1) is 13.4. The number of carbonyl (C=O) groups is 1. The molecule has 0 fully saturated rings. The minimum Gasteiger partial charge on any atom is -0.497 e. The summed E-state index contributed by atoms with van der Waals surface area (Å²) in [7, 11) is -2.33. The van der Waals surface area contributed by atoms with E-state index in [9.17, 15) is 17.6 Å². The summed E-state index contributed by atoms with van der Waals surface area (Å²) >= 11 is 0. The van der Waals surface area contributed by atoms with Crippen molar-refractivity contribution in [1.82, 2.24) is 0 Å². The summed E-state index contributed by atoms with van der Waals surface area (Å²) in [6.07, 6.45) is 0. The Bertz CT molecular complexity index is 1080. The standard InChI is InChI=1S/C20H17FN2O4S/c1-27-18-11-9-16(10-12-18)23-28(25,26)19-4-2-3-17(13-19)22-20(24)14-5-7-15(21)8-6-14/h2-13,23H,1H3,(H,22,24). The molecule has 2 N–H and O–H groups in total. The molecule has 0 saturated carbocycles. The van der Waals surface area contributed by atoms with Gasteiger partial charge in [0.2, 0.25) is 0 Å². The van der Waals surface area contributed by atoms with E-state index in [0.717, 1.165) is 0 Å². The molecule has 0 atom stereocenters. The van der Waals surface area contributed by atoms with Crippen molar-refractivity contribution < 1.29 is 22.3 Å². The molecule has 0 aliphatic carbocycles. The van der Waals surface area contributed by atoms with Crippen LogP contribution < -0.4 is 14.8 Å². The van der Waals surface area contributed by atoms with E-state index in [1.807, 2.05) is 0 Å². The van der Waals surface area contributed by atoms with E-state index < -0.39 is 21.7 Å². The molecule has 144 valence electrons. The largest absolute Gasteiger partial charge is 0.497 e. The number of hydrogen-bond acceptors (Lipinski definition) is 4. The lowest BCUT2D eigenvalue weighted by molar-refractivity contribution is 0.102. The summed E-state index contributed by atoms with van der Waals surface area (Å²) in [5.41, 5.74) is 0.930. The topological polar surface area (TPSA) is 84.5 Å². The van der Waals surface area contributed by atoms with Gasteiger partial charge in [-0.3, -0.25) is 9.52 Å². The van der Waals surface area contributed by atoms with Crippen molar-refractivity contribution in [1.29, 1.82) is 0 Å². The first kappa shape index (κ1) is 19.4. The molecule has 0 unspecified atom stereocenters. The van der Waals surface area contributed by atoms with Crippen molar-refractivity contribution >= 4 is 27.3 Å². The second-order valence-electron chi connectivity index (χ2n) is 5.82. The van der Waals surface area contributed by atoms with Gasteiger partial charge in [-0.25, -0.2) is 12.8 Å². The summed E-state index contributed by atoms with van der Waals surface area (Å²) in [6.45, 7) is 0. The molecule has 0 heterocycles. The van der Waals surface area contributed by atoms with Crippen molar-refractivity contribution in [2.24, 2.45) is 0 Å². The van der Waals surface area contributed by atoms with Crippen LogP contribution in [0.5, 0.6) is 5.75 Å². The number of sulfonamides is 1. The van der Waals surface area contributed by atoms with E-state index in [1.54, 1.807) is 30.3 Å². The Morgan fingerprint density at radius 3 is 2.25 bits per heavy atom. The Kier molecular flexibility index (Phi) is 5.60. The van der Waals surface area contributed by atoms with E-state index in [4.69, 9.17) is 4.74 Å². The van der Waals surface area contributed by atoms with Gasteiger partial charge in [-0.05, 0) is 66.7 Å². The van der Waals surface area contributed by atoms with Gasteiger partial charge < -0.3 is 10.1 Å². The fourth-order valence-electron chi connectivity index (χ4n) is 2.42. The molecule has 0 aliphatic rings. The van der Waals surface area contributed by atoms with Crippen molar-refractivity contribution in [3.63, 3.8) is 0 Å². The van der Waals surface area contributed by atoms with Gasteiger partial charge in [0.25, 0.3) is 15.9 Å². The molecule has 3 aromatic rings. The van der Waals surface area contributed by atoms with Gasteiger partial charge in [-0.2, -0.15) is 0 Å². The number of anilines is 2. The second kappa shape index (κ2) is 8.10. The summed E-state index contributed by atoms with van der Waals surface area (Å²) in [5, 5.41) is 2.60. The van der Waals surface area contributed by atoms with Crippen LogP contribution in [0.2, 0.25) is 0 Å². The molecule has 0 spiro atoms. The molecule has 3 rings (SSSR count). The molecule has 3 aromatic carbocycles. The van der Waals surface area contributed by atoms with E-state index >= 15 is 0 Å². The van der Waals surface area contributed by atoms with Gasteiger partial charge in [-0.1, -0.05) is 6.07 Å². The first-order valence-electron chi connectivity index (χ1n) is 8.21. The third-order valence-corrected chi connectivity index (χ3v) is 5.23. The van der Waals surface area contributed by atoms with E-state index in [0.29, 0.717) is 17.1 Å². The van der Waals surface area contributed by atoms with Crippen LogP contribution in [0.4, 0.5) is 15.8 Å². The van der Waals surface area contributed by atoms with E-state index in [1.165, 1.54) is 49.6 Å². The van der Waals surface area contributed by atoms with E-state index in [2.05, 4.69) is 10.0 Å². The minimum absolute atomic E-state index is 0.0137. The minimum atomic E-state index is -3.85. The quantitative estimate of drug-likeness (QED) is 0.658. The fourth-order valence-corrected chi connectivity index (χ4v) is 3.52. The SMILES string of the molecule is COc1ccc(NS(=O)(=O)c2cccc(NC(=O)c3ccc(F)cc3)c2)cc1. The number of nitrogens with one attached hydrogen (secondary N) is 2.